The van der Waals surface area contributed by atoms with Gasteiger partial charge in [-0.1, -0.05) is 29.6 Å². The molecular formula is C26H30N8O4S2. The lowest BCUT2D eigenvalue weighted by atomic mass is 10.2. The van der Waals surface area contributed by atoms with Crippen LogP contribution >= 0.6 is 23.5 Å². The summed E-state index contributed by atoms with van der Waals surface area (Å²) in [5, 5.41) is 27.2. The number of benzene rings is 1. The van der Waals surface area contributed by atoms with Crippen molar-refractivity contribution < 1.29 is 19.2 Å². The number of hydrogen-bond donors (Lipinski definition) is 4. The van der Waals surface area contributed by atoms with E-state index in [1.165, 1.54) is 23.5 Å². The minimum Gasteiger partial charge on any atom is -0.326 e. The summed E-state index contributed by atoms with van der Waals surface area (Å²) >= 11 is 2.38. The molecule has 2 saturated carbocycles. The van der Waals surface area contributed by atoms with Gasteiger partial charge in [-0.2, -0.15) is 10.2 Å². The third kappa shape index (κ3) is 7.78. The summed E-state index contributed by atoms with van der Waals surface area (Å²) < 4.78 is 0. The van der Waals surface area contributed by atoms with E-state index >= 15 is 0 Å². The molecular weight excluding hydrogens is 552 g/mol. The lowest BCUT2D eigenvalue weighted by Gasteiger charge is -2.11. The van der Waals surface area contributed by atoms with Gasteiger partial charge in [-0.15, -0.1) is 10.2 Å². The molecule has 2 aliphatic heterocycles. The molecule has 0 radical (unpaired) electrons. The predicted octanol–water partition coefficient (Wildman–Crippen LogP) is 3.38. The Bertz CT molecular complexity index is 1210. The molecule has 2 atom stereocenters. The molecule has 12 nitrogen and oxygen atoms in total. The van der Waals surface area contributed by atoms with E-state index < -0.39 is 10.5 Å². The van der Waals surface area contributed by atoms with Crippen LogP contribution in [0.25, 0.3) is 0 Å². The van der Waals surface area contributed by atoms with Gasteiger partial charge in [0.1, 0.15) is 10.5 Å². The van der Waals surface area contributed by atoms with Crippen molar-refractivity contribution in [3.05, 3.63) is 24.3 Å². The quantitative estimate of drug-likeness (QED) is 0.343. The first-order valence-electron chi connectivity index (χ1n) is 13.3. The molecule has 40 heavy (non-hydrogen) atoms. The average molecular weight is 583 g/mol. The number of carbonyl (C=O) groups excluding carboxylic acids is 4. The molecule has 2 heterocycles. The number of anilines is 2. The molecule has 4 fully saturated rings. The van der Waals surface area contributed by atoms with Gasteiger partial charge >= 0.3 is 0 Å². The van der Waals surface area contributed by atoms with Crippen LogP contribution in [0, 0.1) is 0 Å². The van der Waals surface area contributed by atoms with Crippen LogP contribution in [-0.4, -0.2) is 55.9 Å². The summed E-state index contributed by atoms with van der Waals surface area (Å²) in [7, 11) is 0. The van der Waals surface area contributed by atoms with Crippen molar-refractivity contribution in [2.75, 3.05) is 10.6 Å². The van der Waals surface area contributed by atoms with Crippen molar-refractivity contribution in [2.24, 2.45) is 20.4 Å². The molecule has 1 aromatic rings. The van der Waals surface area contributed by atoms with Crippen LogP contribution in [0.3, 0.4) is 0 Å². The Morgan fingerprint density at radius 3 is 1.57 bits per heavy atom. The zero-order valence-electron chi connectivity index (χ0n) is 21.8. The van der Waals surface area contributed by atoms with Gasteiger partial charge in [0.25, 0.3) is 0 Å². The van der Waals surface area contributed by atoms with E-state index in [4.69, 9.17) is 0 Å². The molecule has 5 rings (SSSR count). The molecule has 4 aliphatic rings. The molecule has 4 amide bonds. The fraction of sp³-hybridized carbons (Fsp3) is 0.462. The number of amidine groups is 2. The third-order valence-electron chi connectivity index (χ3n) is 6.65. The summed E-state index contributed by atoms with van der Waals surface area (Å²) in [6, 6.07) is 6.69. The van der Waals surface area contributed by atoms with E-state index in [0.717, 1.165) is 62.8 Å². The highest BCUT2D eigenvalue weighted by Crippen LogP contribution is 2.26. The first kappa shape index (κ1) is 28.0. The van der Waals surface area contributed by atoms with Crippen LogP contribution in [0.1, 0.15) is 64.2 Å². The molecule has 1 aromatic carbocycles. The number of amides is 4. The van der Waals surface area contributed by atoms with Crippen molar-refractivity contribution >= 4 is 80.3 Å². The van der Waals surface area contributed by atoms with Crippen molar-refractivity contribution in [1.29, 1.82) is 0 Å². The van der Waals surface area contributed by atoms with Crippen molar-refractivity contribution in [3.63, 3.8) is 0 Å². The molecule has 210 valence electrons. The Labute approximate surface area is 239 Å². The Morgan fingerprint density at radius 2 is 1.15 bits per heavy atom. The van der Waals surface area contributed by atoms with Crippen LogP contribution in [0.2, 0.25) is 0 Å². The monoisotopic (exact) mass is 582 g/mol. The third-order valence-corrected chi connectivity index (χ3v) is 8.79. The first-order valence-corrected chi connectivity index (χ1v) is 15.1. The van der Waals surface area contributed by atoms with E-state index in [9.17, 15) is 19.2 Å². The maximum atomic E-state index is 12.6. The smallest absolute Gasteiger partial charge is 0.240 e. The average Bonchev–Trinajstić information content (AvgIpc) is 3.72. The second-order valence-corrected chi connectivity index (χ2v) is 12.2. The van der Waals surface area contributed by atoms with Gasteiger partial charge in [0.05, 0.1) is 0 Å². The standard InChI is InChI=1S/C26H30N8O4S2/c35-21(13-19-23(37)29-25(39-19)33-31-15-6-1-2-7-15)27-17-10-5-11-18(12-17)28-22(36)14-20-24(38)30-26(40-20)34-32-16-8-3-4-9-16/h5,10-12,19-20H,1-4,6-9,13-14H2,(H,27,35)(H,28,36)(H,29,33,37)(H,30,34,38)/t19-,20-/m0/s1. The molecule has 0 spiro atoms. The maximum Gasteiger partial charge on any atom is 0.240 e. The van der Waals surface area contributed by atoms with Crippen LogP contribution in [0.4, 0.5) is 11.4 Å². The van der Waals surface area contributed by atoms with E-state index in [-0.39, 0.29) is 36.5 Å². The second-order valence-electron chi connectivity index (χ2n) is 9.83. The molecule has 4 N–H and O–H groups in total. The summed E-state index contributed by atoms with van der Waals surface area (Å²) in [6.45, 7) is 0. The number of rotatable bonds is 8. The molecule has 14 heteroatoms. The number of carbonyl (C=O) groups is 4. The highest BCUT2D eigenvalue weighted by Gasteiger charge is 2.33. The molecule has 2 aliphatic carbocycles. The van der Waals surface area contributed by atoms with E-state index in [0.29, 0.717) is 21.7 Å². The summed E-state index contributed by atoms with van der Waals surface area (Å²) in [4.78, 5) is 49.8. The summed E-state index contributed by atoms with van der Waals surface area (Å²) in [5.74, 6) is -1.24. The Kier molecular flexibility index (Phi) is 9.26. The lowest BCUT2D eigenvalue weighted by Crippen LogP contribution is -2.28. The van der Waals surface area contributed by atoms with Gasteiger partial charge in [0, 0.05) is 35.6 Å². The summed E-state index contributed by atoms with van der Waals surface area (Å²) in [5.41, 5.74) is 3.01. The van der Waals surface area contributed by atoms with E-state index in [1.54, 1.807) is 24.3 Å². The van der Waals surface area contributed by atoms with Crippen LogP contribution in [0.5, 0.6) is 0 Å². The zero-order chi connectivity index (χ0) is 27.9. The van der Waals surface area contributed by atoms with Crippen molar-refractivity contribution in [3.8, 4) is 0 Å². The van der Waals surface area contributed by atoms with E-state index in [1.807, 2.05) is 0 Å². The number of thioether (sulfide) groups is 2. The molecule has 0 aromatic heterocycles. The molecule has 2 saturated heterocycles. The fourth-order valence-corrected chi connectivity index (χ4v) is 6.44. The minimum absolute atomic E-state index is 0.0356. The zero-order valence-corrected chi connectivity index (χ0v) is 23.4. The largest absolute Gasteiger partial charge is 0.326 e. The molecule has 0 unspecified atom stereocenters. The normalized spacial score (nSPS) is 24.4. The van der Waals surface area contributed by atoms with Gasteiger partial charge < -0.3 is 21.3 Å². The van der Waals surface area contributed by atoms with E-state index in [2.05, 4.69) is 41.7 Å². The fourth-order valence-electron chi connectivity index (χ4n) is 4.61. The lowest BCUT2D eigenvalue weighted by molar-refractivity contribution is -0.122. The van der Waals surface area contributed by atoms with Gasteiger partial charge in [0.15, 0.2) is 10.3 Å². The SMILES string of the molecule is O=C(C[C@@H]1S/C(=N\N=C2CCCC2)NC1=O)Nc1cccc(NC(=O)C[C@@H]2S/C(=N\N=C3CCCC3)NC2=O)c1. The van der Waals surface area contributed by atoms with Crippen LogP contribution in [0.15, 0.2) is 44.7 Å². The number of nitrogens with zero attached hydrogens (tertiary/aromatic N) is 4. The van der Waals surface area contributed by atoms with Gasteiger partial charge in [-0.25, -0.2) is 0 Å². The van der Waals surface area contributed by atoms with Gasteiger partial charge in [-0.05, 0) is 69.6 Å². The summed E-state index contributed by atoms with van der Waals surface area (Å²) in [6.07, 6.45) is 8.10. The minimum atomic E-state index is -0.599. The Hall–Kier alpha value is -3.52. The van der Waals surface area contributed by atoms with Crippen LogP contribution < -0.4 is 21.3 Å². The Morgan fingerprint density at radius 1 is 0.725 bits per heavy atom. The van der Waals surface area contributed by atoms with Crippen LogP contribution in [-0.2, 0) is 19.2 Å². The first-order chi connectivity index (χ1) is 19.4. The van der Waals surface area contributed by atoms with Gasteiger partial charge in [0.2, 0.25) is 23.6 Å². The second kappa shape index (κ2) is 13.2. The predicted molar refractivity (Wildman–Crippen MR) is 159 cm³/mol. The highest BCUT2D eigenvalue weighted by molar-refractivity contribution is 8.16. The van der Waals surface area contributed by atoms with Crippen molar-refractivity contribution in [1.82, 2.24) is 10.6 Å². The Balaban J connectivity index is 1.09. The number of hydrogen-bond acceptors (Lipinski definition) is 10. The topological polar surface area (TPSA) is 166 Å². The maximum absolute atomic E-state index is 12.6. The number of nitrogens with one attached hydrogen (secondary N) is 4. The van der Waals surface area contributed by atoms with Gasteiger partial charge in [-0.3, -0.25) is 19.2 Å². The molecule has 0 bridgehead atoms. The van der Waals surface area contributed by atoms with Crippen molar-refractivity contribution in [2.45, 2.75) is 74.7 Å². The highest BCUT2D eigenvalue weighted by atomic mass is 32.2.